The van der Waals surface area contributed by atoms with Crippen molar-refractivity contribution in [2.24, 2.45) is 0 Å². The molecular formula is C63H41BN2O2. The van der Waals surface area contributed by atoms with Crippen LogP contribution in [0.1, 0.15) is 25.0 Å². The van der Waals surface area contributed by atoms with Crippen LogP contribution in [0.15, 0.2) is 212 Å². The summed E-state index contributed by atoms with van der Waals surface area (Å²) >= 11 is 0. The Morgan fingerprint density at radius 3 is 1.51 bits per heavy atom. The molecule has 0 unspecified atom stereocenters. The van der Waals surface area contributed by atoms with Gasteiger partial charge in [0, 0.05) is 66.9 Å². The number of benzene rings is 10. The summed E-state index contributed by atoms with van der Waals surface area (Å²) in [5, 5.41) is 4.93. The van der Waals surface area contributed by atoms with E-state index >= 15 is 0 Å². The maximum Gasteiger partial charge on any atom is 0.260 e. The van der Waals surface area contributed by atoms with Crippen molar-refractivity contribution in [1.82, 2.24) is 9.13 Å². The fraction of sp³-hybridized carbons (Fsp3) is 0.0476. The molecule has 0 saturated carbocycles. The van der Waals surface area contributed by atoms with Gasteiger partial charge in [0.25, 0.3) is 6.71 Å². The molecule has 4 heterocycles. The third kappa shape index (κ3) is 4.95. The van der Waals surface area contributed by atoms with Crippen LogP contribution in [0.2, 0.25) is 0 Å². The Balaban J connectivity index is 1.10. The molecule has 5 heteroatoms. The molecule has 0 radical (unpaired) electrons. The van der Waals surface area contributed by atoms with Crippen molar-refractivity contribution in [1.29, 1.82) is 0 Å². The van der Waals surface area contributed by atoms with Gasteiger partial charge in [-0.3, -0.25) is 0 Å². The third-order valence-electron chi connectivity index (χ3n) is 15.2. The van der Waals surface area contributed by atoms with Crippen molar-refractivity contribution < 1.29 is 9.47 Å². The minimum Gasteiger partial charge on any atom is -0.458 e. The lowest BCUT2D eigenvalue weighted by Crippen LogP contribution is -2.57. The molecule has 4 nitrogen and oxygen atoms in total. The molecule has 68 heavy (non-hydrogen) atoms. The standard InChI is InChI=1S/C63H41BN2O2/c1-63(2)47-31-15-12-26-44(47)54-57(63)55-45-27-13-16-34-50(45)66(60(55)56-46-28-14-17-35-51(46)65(59(54)56)40-24-10-5-11-25-40)41-36-52-58-53(37-41)68-62-43(39-22-8-4-9-23-39)30-19-33-49(62)64(58)48-32-18-29-42(61(48)67-52)38-20-6-3-7-21-38/h3-37H,1-2H3. The lowest BCUT2D eigenvalue weighted by Gasteiger charge is -2.35. The average molecular weight is 869 g/mol. The largest absolute Gasteiger partial charge is 0.458 e. The lowest BCUT2D eigenvalue weighted by atomic mass is 9.34. The molecule has 0 bridgehead atoms. The Morgan fingerprint density at radius 2 is 0.912 bits per heavy atom. The zero-order chi connectivity index (χ0) is 44.8. The number of rotatable bonds is 4. The van der Waals surface area contributed by atoms with E-state index in [-0.39, 0.29) is 12.1 Å². The smallest absolute Gasteiger partial charge is 0.260 e. The normalized spacial score (nSPS) is 13.8. The number of hydrogen-bond donors (Lipinski definition) is 0. The van der Waals surface area contributed by atoms with Crippen molar-refractivity contribution >= 4 is 66.7 Å². The third-order valence-corrected chi connectivity index (χ3v) is 15.2. The van der Waals surface area contributed by atoms with Crippen LogP contribution in [0.4, 0.5) is 0 Å². The fourth-order valence-corrected chi connectivity index (χ4v) is 12.4. The summed E-state index contributed by atoms with van der Waals surface area (Å²) in [6.45, 7) is 4.71. The second kappa shape index (κ2) is 13.8. The van der Waals surface area contributed by atoms with Crippen LogP contribution in [0.5, 0.6) is 23.0 Å². The Hall–Kier alpha value is -8.54. The molecule has 1 aliphatic carbocycles. The van der Waals surface area contributed by atoms with E-state index in [4.69, 9.17) is 9.47 Å². The van der Waals surface area contributed by atoms with Crippen LogP contribution in [-0.2, 0) is 5.41 Å². The van der Waals surface area contributed by atoms with Gasteiger partial charge in [-0.25, -0.2) is 0 Å². The van der Waals surface area contributed by atoms with Gasteiger partial charge in [0.15, 0.2) is 0 Å². The quantitative estimate of drug-likeness (QED) is 0.165. The Bertz CT molecular complexity index is 4000. The molecule has 318 valence electrons. The van der Waals surface area contributed by atoms with Crippen LogP contribution >= 0.6 is 0 Å². The number of nitrogens with zero attached hydrogens (tertiary/aromatic N) is 2. The summed E-state index contributed by atoms with van der Waals surface area (Å²) < 4.78 is 19.8. The molecule has 12 aromatic rings. The first kappa shape index (κ1) is 37.7. The predicted octanol–water partition coefficient (Wildman–Crippen LogP) is 14.2. The number of aromatic nitrogens is 2. The molecule has 10 aromatic carbocycles. The van der Waals surface area contributed by atoms with E-state index in [1.165, 1.54) is 60.3 Å². The van der Waals surface area contributed by atoms with Gasteiger partial charge in [0.05, 0.1) is 27.8 Å². The van der Waals surface area contributed by atoms with Crippen molar-refractivity contribution in [3.63, 3.8) is 0 Å². The number of ether oxygens (including phenoxy) is 2. The minimum absolute atomic E-state index is 0.120. The first-order chi connectivity index (χ1) is 33.5. The Labute approximate surface area is 394 Å². The fourth-order valence-electron chi connectivity index (χ4n) is 12.4. The molecule has 3 aliphatic rings. The highest BCUT2D eigenvalue weighted by atomic mass is 16.5. The van der Waals surface area contributed by atoms with Gasteiger partial charge in [0.2, 0.25) is 0 Å². The molecule has 0 atom stereocenters. The van der Waals surface area contributed by atoms with E-state index in [0.29, 0.717) is 0 Å². The SMILES string of the molecule is CC1(C)c2ccccc2-c2c1c1c3ccccc3n(-c3cc4c5c(c3)Oc3c(cccc3-c3ccccc3)B5c3cccc(-c5ccccc5)c3O4)c1c1c3ccccc3n(-c3ccccc3)c21. The summed E-state index contributed by atoms with van der Waals surface area (Å²) in [6, 6.07) is 77.0. The molecule has 0 saturated heterocycles. The summed E-state index contributed by atoms with van der Waals surface area (Å²) in [6.07, 6.45) is 0. The molecule has 0 spiro atoms. The lowest BCUT2D eigenvalue weighted by molar-refractivity contribution is 0.466. The first-order valence-corrected chi connectivity index (χ1v) is 23.6. The number of para-hydroxylation sites is 5. The maximum absolute atomic E-state index is 7.37. The number of hydrogen-bond acceptors (Lipinski definition) is 2. The van der Waals surface area contributed by atoms with Crippen LogP contribution < -0.4 is 25.9 Å². The van der Waals surface area contributed by atoms with Gasteiger partial charge in [-0.2, -0.15) is 0 Å². The zero-order valence-electron chi connectivity index (χ0n) is 37.5. The van der Waals surface area contributed by atoms with Crippen LogP contribution in [0, 0.1) is 0 Å². The van der Waals surface area contributed by atoms with E-state index < -0.39 is 0 Å². The Morgan fingerprint density at radius 1 is 0.426 bits per heavy atom. The van der Waals surface area contributed by atoms with Crippen molar-refractivity contribution in [3.8, 4) is 67.8 Å². The van der Waals surface area contributed by atoms with Crippen molar-refractivity contribution in [2.45, 2.75) is 19.3 Å². The van der Waals surface area contributed by atoms with Gasteiger partial charge in [-0.05, 0) is 63.0 Å². The first-order valence-electron chi connectivity index (χ1n) is 23.6. The molecule has 15 rings (SSSR count). The molecule has 0 N–H and O–H groups in total. The second-order valence-corrected chi connectivity index (χ2v) is 19.1. The van der Waals surface area contributed by atoms with Gasteiger partial charge < -0.3 is 18.6 Å². The van der Waals surface area contributed by atoms with Gasteiger partial charge in [0.1, 0.15) is 23.0 Å². The minimum atomic E-state index is -0.304. The summed E-state index contributed by atoms with van der Waals surface area (Å²) in [5.41, 5.74) is 19.5. The van der Waals surface area contributed by atoms with E-state index in [9.17, 15) is 0 Å². The van der Waals surface area contributed by atoms with E-state index in [2.05, 4.69) is 235 Å². The molecule has 2 aromatic heterocycles. The maximum atomic E-state index is 7.37. The average Bonchev–Trinajstić information content (AvgIpc) is 4.00. The highest BCUT2D eigenvalue weighted by Crippen LogP contribution is 2.58. The monoisotopic (exact) mass is 868 g/mol. The number of fused-ring (bicyclic) bond motifs is 16. The molecule has 0 fully saturated rings. The second-order valence-electron chi connectivity index (χ2n) is 19.1. The summed E-state index contributed by atoms with van der Waals surface area (Å²) in [4.78, 5) is 0. The molecule has 2 aliphatic heterocycles. The van der Waals surface area contributed by atoms with Crippen molar-refractivity contribution in [2.75, 3.05) is 0 Å². The Kier molecular flexibility index (Phi) is 7.62. The van der Waals surface area contributed by atoms with E-state index in [1.54, 1.807) is 0 Å². The van der Waals surface area contributed by atoms with E-state index in [1.807, 2.05) is 0 Å². The van der Waals surface area contributed by atoms with Gasteiger partial charge >= 0.3 is 0 Å². The summed E-state index contributed by atoms with van der Waals surface area (Å²) in [5.74, 6) is 3.36. The van der Waals surface area contributed by atoms with Crippen LogP contribution in [0.25, 0.3) is 88.4 Å². The zero-order valence-corrected chi connectivity index (χ0v) is 37.5. The highest BCUT2D eigenvalue weighted by Gasteiger charge is 2.44. The topological polar surface area (TPSA) is 28.3 Å². The van der Waals surface area contributed by atoms with Crippen LogP contribution in [-0.4, -0.2) is 15.8 Å². The van der Waals surface area contributed by atoms with Crippen LogP contribution in [0.3, 0.4) is 0 Å². The van der Waals surface area contributed by atoms with E-state index in [0.717, 1.165) is 78.5 Å². The molecular weight excluding hydrogens is 828 g/mol. The summed E-state index contributed by atoms with van der Waals surface area (Å²) in [7, 11) is 0. The van der Waals surface area contributed by atoms with Gasteiger partial charge in [-0.15, -0.1) is 0 Å². The molecule has 0 amide bonds. The highest BCUT2D eigenvalue weighted by molar-refractivity contribution is 6.98. The predicted molar refractivity (Wildman–Crippen MR) is 281 cm³/mol. The van der Waals surface area contributed by atoms with Gasteiger partial charge in [-0.1, -0.05) is 190 Å². The van der Waals surface area contributed by atoms with Crippen molar-refractivity contribution in [3.05, 3.63) is 223 Å².